The summed E-state index contributed by atoms with van der Waals surface area (Å²) >= 11 is 0. The Kier molecular flexibility index (Phi) is 13.0. The van der Waals surface area contributed by atoms with Gasteiger partial charge in [-0.2, -0.15) is 0 Å². The summed E-state index contributed by atoms with van der Waals surface area (Å²) in [7, 11) is 0. The van der Waals surface area contributed by atoms with E-state index in [-0.39, 0.29) is 6.42 Å². The van der Waals surface area contributed by atoms with Gasteiger partial charge in [-0.25, -0.2) is 0 Å². The maximum Gasteiger partial charge on any atom is 0.310 e. The van der Waals surface area contributed by atoms with Crippen LogP contribution in [0.3, 0.4) is 0 Å². The van der Waals surface area contributed by atoms with Gasteiger partial charge in [-0.3, -0.25) is 14.4 Å². The van der Waals surface area contributed by atoms with Crippen molar-refractivity contribution in [2.24, 2.45) is 17.3 Å². The van der Waals surface area contributed by atoms with Gasteiger partial charge in [0.15, 0.2) is 0 Å². The van der Waals surface area contributed by atoms with Crippen LogP contribution in [0, 0.1) is 17.3 Å². The molecule has 0 aliphatic carbocycles. The molecule has 0 radical (unpaired) electrons. The lowest BCUT2D eigenvalue weighted by atomic mass is 9.58. The van der Waals surface area contributed by atoms with Gasteiger partial charge in [0, 0.05) is 5.41 Å². The quantitative estimate of drug-likeness (QED) is 0.226. The molecule has 0 heterocycles. The summed E-state index contributed by atoms with van der Waals surface area (Å²) in [6.45, 7) is 18.6. The number of esters is 2. The fraction of sp³-hybridized carbons (Fsp3) is 0.893. The maximum atomic E-state index is 13.7. The van der Waals surface area contributed by atoms with Crippen LogP contribution in [0.1, 0.15) is 127 Å². The van der Waals surface area contributed by atoms with E-state index in [1.807, 2.05) is 55.4 Å². The lowest BCUT2D eigenvalue weighted by Crippen LogP contribution is -2.57. The number of hydrogen-bond donors (Lipinski definition) is 2. The van der Waals surface area contributed by atoms with Gasteiger partial charge in [-0.15, -0.1) is 0 Å². The van der Waals surface area contributed by atoms with Gasteiger partial charge in [0.2, 0.25) is 0 Å². The van der Waals surface area contributed by atoms with Crippen LogP contribution in [0.2, 0.25) is 0 Å². The molecule has 0 saturated carbocycles. The summed E-state index contributed by atoms with van der Waals surface area (Å²) in [5, 5.41) is 20.4. The van der Waals surface area contributed by atoms with Crippen molar-refractivity contribution in [2.75, 3.05) is 0 Å². The number of rotatable bonds is 17. The van der Waals surface area contributed by atoms with E-state index in [9.17, 15) is 24.6 Å². The molecule has 0 fully saturated rings. The summed E-state index contributed by atoms with van der Waals surface area (Å²) < 4.78 is 12.3. The highest BCUT2D eigenvalue weighted by Gasteiger charge is 2.56. The Morgan fingerprint density at radius 2 is 1.14 bits per heavy atom. The first kappa shape index (κ1) is 33.4. The summed E-state index contributed by atoms with van der Waals surface area (Å²) in [6.07, 6.45) is 3.70. The molecule has 0 aromatic rings. The summed E-state index contributed by atoms with van der Waals surface area (Å²) in [4.78, 5) is 38.6. The summed E-state index contributed by atoms with van der Waals surface area (Å²) in [5.41, 5.74) is -3.89. The van der Waals surface area contributed by atoms with Crippen LogP contribution in [-0.4, -0.2) is 44.9 Å². The van der Waals surface area contributed by atoms with Crippen molar-refractivity contribution in [1.82, 2.24) is 0 Å². The topological polar surface area (TPSA) is 110 Å². The van der Waals surface area contributed by atoms with Gasteiger partial charge >= 0.3 is 17.9 Å². The van der Waals surface area contributed by atoms with Crippen LogP contribution >= 0.6 is 0 Å². The van der Waals surface area contributed by atoms with Crippen LogP contribution in [0.5, 0.6) is 0 Å². The first-order chi connectivity index (χ1) is 16.2. The average molecular weight is 501 g/mol. The molecule has 0 aliphatic heterocycles. The van der Waals surface area contributed by atoms with E-state index in [2.05, 4.69) is 0 Å². The minimum atomic E-state index is -1.12. The van der Waals surface area contributed by atoms with E-state index in [0.717, 1.165) is 0 Å². The molecule has 2 atom stereocenters. The van der Waals surface area contributed by atoms with E-state index in [1.54, 1.807) is 13.8 Å². The van der Waals surface area contributed by atoms with Gasteiger partial charge in [0.25, 0.3) is 0 Å². The second kappa shape index (κ2) is 13.6. The Balaban J connectivity index is 6.38. The molecule has 0 amide bonds. The van der Waals surface area contributed by atoms with Crippen molar-refractivity contribution < 1.29 is 34.1 Å². The lowest BCUT2D eigenvalue weighted by Gasteiger charge is -2.52. The predicted octanol–water partition coefficient (Wildman–Crippen LogP) is 6.29. The van der Waals surface area contributed by atoms with Crippen molar-refractivity contribution in [3.8, 4) is 0 Å². The van der Waals surface area contributed by atoms with Crippen molar-refractivity contribution in [1.29, 1.82) is 0 Å². The Hall–Kier alpha value is -1.63. The molecule has 0 aromatic carbocycles. The van der Waals surface area contributed by atoms with Crippen LogP contribution in [0.4, 0.5) is 0 Å². The second-order valence-electron chi connectivity index (χ2n) is 10.1. The summed E-state index contributed by atoms with van der Waals surface area (Å²) in [6, 6.07) is 0. The number of carbonyl (C=O) groups excluding carboxylic acids is 2. The maximum absolute atomic E-state index is 13.7. The van der Waals surface area contributed by atoms with Crippen molar-refractivity contribution in [2.45, 2.75) is 144 Å². The normalized spacial score (nSPS) is 14.8. The molecule has 0 aliphatic rings. The molecule has 7 nitrogen and oxygen atoms in total. The van der Waals surface area contributed by atoms with Crippen molar-refractivity contribution >= 4 is 17.9 Å². The number of carboxylic acid groups (broad SMARTS) is 1. The zero-order valence-corrected chi connectivity index (χ0v) is 24.0. The third-order valence-corrected chi connectivity index (χ3v) is 9.25. The molecule has 2 unspecified atom stereocenters. The summed E-state index contributed by atoms with van der Waals surface area (Å²) in [5.74, 6) is -3.43. The molecule has 0 bridgehead atoms. The van der Waals surface area contributed by atoms with Gasteiger partial charge in [-0.05, 0) is 58.3 Å². The highest BCUT2D eigenvalue weighted by Crippen LogP contribution is 2.52. The second-order valence-corrected chi connectivity index (χ2v) is 10.1. The first-order valence-corrected chi connectivity index (χ1v) is 13.6. The third-order valence-electron chi connectivity index (χ3n) is 9.25. The average Bonchev–Trinajstić information content (AvgIpc) is 2.86. The smallest absolute Gasteiger partial charge is 0.310 e. The number of carboxylic acids is 1. The van der Waals surface area contributed by atoms with Crippen LogP contribution < -0.4 is 0 Å². The molecule has 35 heavy (non-hydrogen) atoms. The Morgan fingerprint density at radius 3 is 1.46 bits per heavy atom. The molecule has 0 saturated heterocycles. The number of hydrogen-bond acceptors (Lipinski definition) is 6. The largest absolute Gasteiger partial charge is 0.481 e. The standard InChI is InChI=1S/C28H52O7/c1-11-25(33,12-2)19-22(29)34-28(17-7,18-8)26(13-3,14-4)21(10)24(32)35-27(15-5,16-6)20(9)23(30)31/h20-21,33H,11-19H2,1-10H3,(H,30,31). The fourth-order valence-electron chi connectivity index (χ4n) is 5.96. The van der Waals surface area contributed by atoms with Crippen LogP contribution in [-0.2, 0) is 23.9 Å². The molecule has 7 heteroatoms. The SMILES string of the molecule is CCC(O)(CC)CC(=O)OC(CC)(CC)C(CC)(CC)C(C)C(=O)OC(CC)(CC)C(C)C(=O)O. The van der Waals surface area contributed by atoms with Crippen LogP contribution in [0.15, 0.2) is 0 Å². The zero-order chi connectivity index (χ0) is 27.7. The number of aliphatic hydroxyl groups is 1. The predicted molar refractivity (Wildman–Crippen MR) is 138 cm³/mol. The third kappa shape index (κ3) is 6.78. The van der Waals surface area contributed by atoms with E-state index in [1.165, 1.54) is 0 Å². The van der Waals surface area contributed by atoms with E-state index >= 15 is 0 Å². The highest BCUT2D eigenvalue weighted by atomic mass is 16.6. The Morgan fingerprint density at radius 1 is 0.686 bits per heavy atom. The monoisotopic (exact) mass is 500 g/mol. The molecule has 0 spiro atoms. The van der Waals surface area contributed by atoms with E-state index in [4.69, 9.17) is 9.47 Å². The lowest BCUT2D eigenvalue weighted by molar-refractivity contribution is -0.208. The van der Waals surface area contributed by atoms with Gasteiger partial charge in [0.05, 0.1) is 23.9 Å². The molecule has 206 valence electrons. The first-order valence-electron chi connectivity index (χ1n) is 13.6. The van der Waals surface area contributed by atoms with Crippen molar-refractivity contribution in [3.05, 3.63) is 0 Å². The van der Waals surface area contributed by atoms with Gasteiger partial charge in [0.1, 0.15) is 11.2 Å². The Bertz CT molecular complexity index is 683. The van der Waals surface area contributed by atoms with Gasteiger partial charge < -0.3 is 19.7 Å². The molecule has 0 rings (SSSR count). The minimum absolute atomic E-state index is 0.102. The van der Waals surface area contributed by atoms with Crippen LogP contribution in [0.25, 0.3) is 0 Å². The van der Waals surface area contributed by atoms with Crippen molar-refractivity contribution in [3.63, 3.8) is 0 Å². The molecular formula is C28H52O7. The molecular weight excluding hydrogens is 448 g/mol. The number of carbonyl (C=O) groups is 3. The number of ether oxygens (including phenoxy) is 2. The highest BCUT2D eigenvalue weighted by molar-refractivity contribution is 5.76. The molecule has 2 N–H and O–H groups in total. The fourth-order valence-corrected chi connectivity index (χ4v) is 5.96. The number of aliphatic carboxylic acids is 1. The van der Waals surface area contributed by atoms with Gasteiger partial charge in [-0.1, -0.05) is 62.3 Å². The minimum Gasteiger partial charge on any atom is -0.481 e. The molecule has 0 aromatic heterocycles. The van der Waals surface area contributed by atoms with E-state index < -0.39 is 52.0 Å². The Labute approximate surface area is 213 Å². The zero-order valence-electron chi connectivity index (χ0n) is 24.0. The van der Waals surface area contributed by atoms with E-state index in [0.29, 0.717) is 51.4 Å².